The summed E-state index contributed by atoms with van der Waals surface area (Å²) in [5, 5.41) is 6.36. The van der Waals surface area contributed by atoms with Crippen molar-refractivity contribution in [3.63, 3.8) is 0 Å². The van der Waals surface area contributed by atoms with Gasteiger partial charge in [-0.2, -0.15) is 13.9 Å². The number of sulfonamides is 1. The van der Waals surface area contributed by atoms with Gasteiger partial charge in [0.05, 0.1) is 5.69 Å². The third-order valence-corrected chi connectivity index (χ3v) is 9.52. The van der Waals surface area contributed by atoms with Gasteiger partial charge in [0.2, 0.25) is 0 Å². The van der Waals surface area contributed by atoms with Crippen molar-refractivity contribution in [2.75, 3.05) is 6.54 Å². The topological polar surface area (TPSA) is 105 Å². The molecule has 2 aliphatic heterocycles. The number of thiazole rings is 1. The Bertz CT molecular complexity index is 1780. The molecule has 1 fully saturated rings. The summed E-state index contributed by atoms with van der Waals surface area (Å²) in [5.41, 5.74) is 1.68. The molecule has 9 nitrogen and oxygen atoms in total. The molecule has 4 aromatic rings. The first kappa shape index (κ1) is 28.0. The highest BCUT2D eigenvalue weighted by molar-refractivity contribution is 9.10. The van der Waals surface area contributed by atoms with Gasteiger partial charge in [-0.3, -0.25) is 4.99 Å². The van der Waals surface area contributed by atoms with Crippen molar-refractivity contribution in [2.45, 2.75) is 30.1 Å². The van der Waals surface area contributed by atoms with E-state index in [0.717, 1.165) is 12.3 Å². The normalized spacial score (nSPS) is 19.2. The molecule has 0 amide bonds. The molecule has 41 heavy (non-hydrogen) atoms. The number of aliphatic imine (C=N–C) groups is 1. The van der Waals surface area contributed by atoms with Crippen LogP contribution in [0.3, 0.4) is 0 Å². The molecule has 0 radical (unpaired) electrons. The highest BCUT2D eigenvalue weighted by atomic mass is 79.9. The fourth-order valence-corrected chi connectivity index (χ4v) is 7.14. The summed E-state index contributed by atoms with van der Waals surface area (Å²) >= 11 is 11.1. The molecule has 0 saturated carbocycles. The third-order valence-electron chi connectivity index (χ3n) is 6.52. The van der Waals surface area contributed by atoms with Gasteiger partial charge in [0.25, 0.3) is 10.0 Å². The maximum absolute atomic E-state index is 14.0. The van der Waals surface area contributed by atoms with Crippen LogP contribution in [0.1, 0.15) is 35.3 Å². The van der Waals surface area contributed by atoms with Crippen LogP contribution in [-0.4, -0.2) is 51.5 Å². The molecule has 0 bridgehead atoms. The van der Waals surface area contributed by atoms with Gasteiger partial charge >= 0.3 is 6.55 Å². The number of hydrogen-bond donors (Lipinski definition) is 1. The number of hydrogen-bond acceptors (Lipinski definition) is 8. The first-order valence-electron chi connectivity index (χ1n) is 12.0. The summed E-state index contributed by atoms with van der Waals surface area (Å²) in [6, 6.07) is 6.76. The van der Waals surface area contributed by atoms with Crippen molar-refractivity contribution in [1.29, 1.82) is 0 Å². The molecule has 1 N–H and O–H groups in total. The number of pyridine rings is 1. The van der Waals surface area contributed by atoms with Crippen LogP contribution in [0, 0.1) is 5.82 Å². The molecule has 6 rings (SSSR count). The van der Waals surface area contributed by atoms with E-state index in [2.05, 4.69) is 35.7 Å². The molecule has 0 aliphatic carbocycles. The largest absolute Gasteiger partial charge is 0.333 e. The van der Waals surface area contributed by atoms with E-state index in [1.807, 2.05) is 4.90 Å². The summed E-state index contributed by atoms with van der Waals surface area (Å²) < 4.78 is 71.3. The number of rotatable bonds is 7. The minimum absolute atomic E-state index is 0.0913. The van der Waals surface area contributed by atoms with Crippen molar-refractivity contribution >= 4 is 60.3 Å². The number of nitrogens with one attached hydrogen (secondary N) is 1. The van der Waals surface area contributed by atoms with E-state index in [1.54, 1.807) is 17.6 Å². The van der Waals surface area contributed by atoms with E-state index in [-0.39, 0.29) is 28.7 Å². The maximum Gasteiger partial charge on any atom is 0.333 e. The van der Waals surface area contributed by atoms with Crippen LogP contribution in [0.15, 0.2) is 80.6 Å². The Kier molecular flexibility index (Phi) is 7.48. The number of amidine groups is 1. The summed E-state index contributed by atoms with van der Waals surface area (Å²) in [5.74, 6) is -0.103. The average Bonchev–Trinajstić information content (AvgIpc) is 3.69. The quantitative estimate of drug-likeness (QED) is 0.270. The highest BCUT2D eigenvalue weighted by Gasteiger charge is 2.42. The Labute approximate surface area is 249 Å². The second-order valence-electron chi connectivity index (χ2n) is 9.12. The second kappa shape index (κ2) is 10.9. The van der Waals surface area contributed by atoms with Gasteiger partial charge in [-0.1, -0.05) is 17.7 Å². The van der Waals surface area contributed by atoms with Gasteiger partial charge in [-0.15, -0.1) is 11.3 Å². The zero-order valence-electron chi connectivity index (χ0n) is 20.6. The Balaban J connectivity index is 1.48. The predicted octanol–water partition coefficient (Wildman–Crippen LogP) is 5.65. The number of halogens is 5. The molecule has 2 aliphatic rings. The van der Waals surface area contributed by atoms with E-state index in [4.69, 9.17) is 16.6 Å². The Hall–Kier alpha value is -3.11. The lowest BCUT2D eigenvalue weighted by Crippen LogP contribution is -2.39. The van der Waals surface area contributed by atoms with E-state index in [0.29, 0.717) is 36.8 Å². The zero-order chi connectivity index (χ0) is 28.9. The first-order chi connectivity index (χ1) is 19.6. The number of fused-ring (bicyclic) bond motifs is 1. The zero-order valence-corrected chi connectivity index (χ0v) is 24.6. The van der Waals surface area contributed by atoms with Crippen molar-refractivity contribution in [3.8, 4) is 0 Å². The molecular formula is C25H18BrClF3N7O2S2. The molecule has 1 saturated heterocycles. The Morgan fingerprint density at radius 2 is 2.00 bits per heavy atom. The van der Waals surface area contributed by atoms with Crippen molar-refractivity contribution in [1.82, 2.24) is 29.4 Å². The fraction of sp³-hybridized carbons (Fsp3) is 0.200. The number of benzene rings is 1. The summed E-state index contributed by atoms with van der Waals surface area (Å²) in [7, 11) is -4.01. The molecular weight excluding hydrogens is 667 g/mol. The maximum atomic E-state index is 14.0. The number of aromatic nitrogens is 4. The molecule has 5 heterocycles. The summed E-state index contributed by atoms with van der Waals surface area (Å²) in [6.45, 7) is -2.70. The average molecular weight is 685 g/mol. The molecule has 2 atom stereocenters. The van der Waals surface area contributed by atoms with Gasteiger partial charge in [-0.05, 0) is 46.3 Å². The van der Waals surface area contributed by atoms with Gasteiger partial charge in [0.1, 0.15) is 11.9 Å². The van der Waals surface area contributed by atoms with Crippen LogP contribution in [0.4, 0.5) is 13.2 Å². The summed E-state index contributed by atoms with van der Waals surface area (Å²) in [6.07, 6.45) is 4.32. The fourth-order valence-electron chi connectivity index (χ4n) is 4.83. The Morgan fingerprint density at radius 1 is 1.17 bits per heavy atom. The second-order valence-corrected chi connectivity index (χ2v) is 13.0. The van der Waals surface area contributed by atoms with Gasteiger partial charge in [0, 0.05) is 69.3 Å². The van der Waals surface area contributed by atoms with Crippen LogP contribution in [0.2, 0.25) is 5.02 Å². The highest BCUT2D eigenvalue weighted by Crippen LogP contribution is 2.46. The van der Waals surface area contributed by atoms with Crippen LogP contribution in [-0.2, 0) is 10.0 Å². The van der Waals surface area contributed by atoms with Gasteiger partial charge in [0.15, 0.2) is 15.9 Å². The minimum atomic E-state index is -4.01. The third kappa shape index (κ3) is 5.44. The first-order valence-corrected chi connectivity index (χ1v) is 15.5. The molecule has 212 valence electrons. The lowest BCUT2D eigenvalue weighted by Gasteiger charge is -2.32. The minimum Gasteiger partial charge on any atom is -0.326 e. The van der Waals surface area contributed by atoms with Gasteiger partial charge in [-0.25, -0.2) is 32.2 Å². The van der Waals surface area contributed by atoms with Crippen LogP contribution in [0.5, 0.6) is 0 Å². The smallest absolute Gasteiger partial charge is 0.326 e. The lowest BCUT2D eigenvalue weighted by atomic mass is 9.92. The van der Waals surface area contributed by atoms with Crippen LogP contribution < -0.4 is 4.72 Å². The lowest BCUT2D eigenvalue weighted by molar-refractivity contribution is 0.0564. The van der Waals surface area contributed by atoms with Crippen LogP contribution in [0.25, 0.3) is 5.57 Å². The van der Waals surface area contributed by atoms with Gasteiger partial charge < -0.3 is 4.90 Å². The van der Waals surface area contributed by atoms with Crippen molar-refractivity contribution < 1.29 is 21.6 Å². The number of alkyl halides is 2. The SMILES string of the molecule is O=S(=O)(N[C@H]1CC2=C(c3ccn(C(F)F)n3)[C@H](c3ccc(F)cc3Cl)N=C(c3nccs3)N2C1)c1ccc(Br)cn1. The van der Waals surface area contributed by atoms with E-state index < -0.39 is 34.5 Å². The predicted molar refractivity (Wildman–Crippen MR) is 151 cm³/mol. The molecule has 0 unspecified atom stereocenters. The van der Waals surface area contributed by atoms with E-state index in [9.17, 15) is 21.6 Å². The van der Waals surface area contributed by atoms with Crippen LogP contribution >= 0.6 is 38.9 Å². The molecule has 1 aromatic carbocycles. The number of nitrogens with zero attached hydrogens (tertiary/aromatic N) is 6. The molecule has 3 aromatic heterocycles. The monoisotopic (exact) mass is 683 g/mol. The molecule has 16 heteroatoms. The summed E-state index contributed by atoms with van der Waals surface area (Å²) in [4.78, 5) is 15.2. The van der Waals surface area contributed by atoms with E-state index in [1.165, 1.54) is 41.8 Å². The van der Waals surface area contributed by atoms with Crippen molar-refractivity contribution in [2.24, 2.45) is 4.99 Å². The van der Waals surface area contributed by atoms with Crippen molar-refractivity contribution in [3.05, 3.63) is 97.6 Å². The molecule has 0 spiro atoms. The van der Waals surface area contributed by atoms with E-state index >= 15 is 0 Å². The standard InChI is InChI=1S/C25H18BrClF3N7O2S2/c26-13-1-4-20(32-11-13)41(38,39)35-15-10-19-21(18-5-7-37(34-18)25(29)30)22(16-3-2-14(28)9-17(16)27)33-23(36(19)12-15)24-31-6-8-40-24/h1-9,11,15,22,25,35H,10,12H2/t15-,22-/m0/s1. The Morgan fingerprint density at radius 3 is 2.66 bits per heavy atom.